The SMILES string of the molecule is O=C(Nc1ccc(-n2cccn2)cc1C(F)(F)F)c1sccc1Br. The van der Waals surface area contributed by atoms with Gasteiger partial charge in [0, 0.05) is 16.9 Å². The minimum atomic E-state index is -4.61. The first kappa shape index (κ1) is 16.7. The fraction of sp³-hybridized carbons (Fsp3) is 0.0667. The first-order valence-electron chi connectivity index (χ1n) is 6.62. The van der Waals surface area contributed by atoms with Crippen LogP contribution in [0, 0.1) is 0 Å². The van der Waals surface area contributed by atoms with Crippen molar-refractivity contribution in [1.29, 1.82) is 0 Å². The quantitative estimate of drug-likeness (QED) is 0.656. The lowest BCUT2D eigenvalue weighted by Gasteiger charge is -2.15. The van der Waals surface area contributed by atoms with E-state index in [0.717, 1.165) is 17.4 Å². The van der Waals surface area contributed by atoms with Crippen LogP contribution in [-0.4, -0.2) is 15.7 Å². The third kappa shape index (κ3) is 3.36. The summed E-state index contributed by atoms with van der Waals surface area (Å²) in [6, 6.07) is 6.90. The molecule has 0 saturated carbocycles. The van der Waals surface area contributed by atoms with Gasteiger partial charge < -0.3 is 5.32 Å². The molecule has 0 unspecified atom stereocenters. The highest BCUT2D eigenvalue weighted by molar-refractivity contribution is 9.10. The molecule has 1 N–H and O–H groups in total. The predicted molar refractivity (Wildman–Crippen MR) is 88.5 cm³/mol. The molecule has 0 bridgehead atoms. The van der Waals surface area contributed by atoms with E-state index in [0.29, 0.717) is 9.35 Å². The molecule has 124 valence electrons. The standard InChI is InChI=1S/C15H9BrF3N3OS/c16-11-4-7-24-13(11)14(23)21-12-3-2-9(22-6-1-5-20-22)8-10(12)15(17,18)19/h1-8H,(H,21,23). The molecule has 0 aliphatic rings. The van der Waals surface area contributed by atoms with E-state index in [1.807, 2.05) is 0 Å². The van der Waals surface area contributed by atoms with Gasteiger partial charge >= 0.3 is 6.18 Å². The first-order valence-corrected chi connectivity index (χ1v) is 8.29. The highest BCUT2D eigenvalue weighted by Gasteiger charge is 2.34. The van der Waals surface area contributed by atoms with Crippen LogP contribution in [0.1, 0.15) is 15.2 Å². The van der Waals surface area contributed by atoms with E-state index in [1.165, 1.54) is 29.2 Å². The number of nitrogens with zero attached hydrogens (tertiary/aromatic N) is 2. The van der Waals surface area contributed by atoms with Crippen molar-refractivity contribution in [2.24, 2.45) is 0 Å². The van der Waals surface area contributed by atoms with Crippen LogP contribution in [0.5, 0.6) is 0 Å². The summed E-state index contributed by atoms with van der Waals surface area (Å²) in [5, 5.41) is 7.91. The molecule has 3 rings (SSSR count). The summed E-state index contributed by atoms with van der Waals surface area (Å²) in [7, 11) is 0. The molecule has 0 spiro atoms. The minimum absolute atomic E-state index is 0.252. The molecule has 24 heavy (non-hydrogen) atoms. The second-order valence-corrected chi connectivity index (χ2v) is 6.50. The molecule has 3 aromatic rings. The zero-order valence-corrected chi connectivity index (χ0v) is 14.2. The van der Waals surface area contributed by atoms with Crippen molar-refractivity contribution in [3.63, 3.8) is 0 Å². The third-order valence-corrected chi connectivity index (χ3v) is 4.99. The van der Waals surface area contributed by atoms with Crippen molar-refractivity contribution in [1.82, 2.24) is 9.78 Å². The Morgan fingerprint density at radius 2 is 2.08 bits per heavy atom. The molecule has 4 nitrogen and oxygen atoms in total. The number of halogens is 4. The van der Waals surface area contributed by atoms with Crippen LogP contribution in [0.4, 0.5) is 18.9 Å². The number of hydrogen-bond donors (Lipinski definition) is 1. The van der Waals surface area contributed by atoms with Crippen LogP contribution >= 0.6 is 27.3 Å². The Bertz CT molecular complexity index is 874. The maximum Gasteiger partial charge on any atom is 0.418 e. The predicted octanol–water partition coefficient (Wildman–Crippen LogP) is 4.97. The Labute approximate surface area is 147 Å². The number of carbonyl (C=O) groups excluding carboxylic acids is 1. The summed E-state index contributed by atoms with van der Waals surface area (Å²) in [6.07, 6.45) is -1.60. The molecule has 2 heterocycles. The monoisotopic (exact) mass is 415 g/mol. The fourth-order valence-electron chi connectivity index (χ4n) is 2.07. The van der Waals surface area contributed by atoms with Crippen LogP contribution < -0.4 is 5.32 Å². The molecule has 0 aliphatic carbocycles. The number of hydrogen-bond acceptors (Lipinski definition) is 3. The number of aromatic nitrogens is 2. The topological polar surface area (TPSA) is 46.9 Å². The first-order chi connectivity index (χ1) is 11.4. The summed E-state index contributed by atoms with van der Waals surface area (Å²) in [6.45, 7) is 0. The number of alkyl halides is 3. The van der Waals surface area contributed by atoms with Gasteiger partial charge in [0.1, 0.15) is 4.88 Å². The number of thiophene rings is 1. The lowest BCUT2D eigenvalue weighted by Crippen LogP contribution is -2.16. The lowest BCUT2D eigenvalue weighted by atomic mass is 10.1. The molecule has 2 aromatic heterocycles. The molecular formula is C15H9BrF3N3OS. The van der Waals surface area contributed by atoms with Gasteiger partial charge in [-0.15, -0.1) is 11.3 Å². The van der Waals surface area contributed by atoms with Crippen molar-refractivity contribution >= 4 is 38.9 Å². The van der Waals surface area contributed by atoms with Crippen LogP contribution in [0.2, 0.25) is 0 Å². The summed E-state index contributed by atoms with van der Waals surface area (Å²) in [5.74, 6) is -0.603. The van der Waals surface area contributed by atoms with Gasteiger partial charge in [-0.3, -0.25) is 4.79 Å². The molecule has 0 atom stereocenters. The highest BCUT2D eigenvalue weighted by atomic mass is 79.9. The van der Waals surface area contributed by atoms with E-state index in [-0.39, 0.29) is 11.4 Å². The number of anilines is 1. The van der Waals surface area contributed by atoms with E-state index in [1.54, 1.807) is 17.5 Å². The van der Waals surface area contributed by atoms with Crippen LogP contribution in [-0.2, 0) is 6.18 Å². The molecule has 1 amide bonds. The van der Waals surface area contributed by atoms with Crippen molar-refractivity contribution in [2.45, 2.75) is 6.18 Å². The molecule has 0 aliphatic heterocycles. The second-order valence-electron chi connectivity index (χ2n) is 4.73. The fourth-order valence-corrected chi connectivity index (χ4v) is 3.52. The van der Waals surface area contributed by atoms with Crippen molar-refractivity contribution in [2.75, 3.05) is 5.32 Å². The van der Waals surface area contributed by atoms with Crippen LogP contribution in [0.25, 0.3) is 5.69 Å². The Kier molecular flexibility index (Phi) is 4.46. The zero-order valence-electron chi connectivity index (χ0n) is 11.8. The van der Waals surface area contributed by atoms with E-state index in [2.05, 4.69) is 26.3 Å². The maximum absolute atomic E-state index is 13.4. The Morgan fingerprint density at radius 3 is 2.67 bits per heavy atom. The Balaban J connectivity index is 1.98. The van der Waals surface area contributed by atoms with Crippen molar-refractivity contribution in [3.05, 3.63) is 63.0 Å². The number of nitrogens with one attached hydrogen (secondary N) is 1. The van der Waals surface area contributed by atoms with E-state index in [9.17, 15) is 18.0 Å². The normalized spacial score (nSPS) is 11.5. The van der Waals surface area contributed by atoms with Crippen LogP contribution in [0.15, 0.2) is 52.6 Å². The number of carbonyl (C=O) groups is 1. The Morgan fingerprint density at radius 1 is 1.29 bits per heavy atom. The maximum atomic E-state index is 13.4. The highest BCUT2D eigenvalue weighted by Crippen LogP contribution is 2.36. The van der Waals surface area contributed by atoms with E-state index < -0.39 is 17.6 Å². The number of rotatable bonds is 3. The van der Waals surface area contributed by atoms with Crippen molar-refractivity contribution in [3.8, 4) is 5.69 Å². The van der Waals surface area contributed by atoms with Gasteiger partial charge in [-0.25, -0.2) is 4.68 Å². The van der Waals surface area contributed by atoms with Gasteiger partial charge in [0.15, 0.2) is 0 Å². The third-order valence-electron chi connectivity index (χ3n) is 3.15. The lowest BCUT2D eigenvalue weighted by molar-refractivity contribution is -0.136. The minimum Gasteiger partial charge on any atom is -0.321 e. The smallest absolute Gasteiger partial charge is 0.321 e. The molecule has 0 saturated heterocycles. The molecule has 9 heteroatoms. The average molecular weight is 416 g/mol. The molecule has 0 radical (unpaired) electrons. The molecule has 0 fully saturated rings. The zero-order chi connectivity index (χ0) is 17.3. The summed E-state index contributed by atoms with van der Waals surface area (Å²) >= 11 is 4.33. The van der Waals surface area contributed by atoms with Gasteiger partial charge in [0.25, 0.3) is 5.91 Å². The van der Waals surface area contributed by atoms with E-state index >= 15 is 0 Å². The Hall–Kier alpha value is -2.13. The summed E-state index contributed by atoms with van der Waals surface area (Å²) in [5.41, 5.74) is -0.983. The van der Waals surface area contributed by atoms with Gasteiger partial charge in [0.2, 0.25) is 0 Å². The second kappa shape index (κ2) is 6.40. The molecular weight excluding hydrogens is 407 g/mol. The largest absolute Gasteiger partial charge is 0.418 e. The van der Waals surface area contributed by atoms with Gasteiger partial charge in [-0.1, -0.05) is 0 Å². The average Bonchev–Trinajstić information content (AvgIpc) is 3.17. The van der Waals surface area contributed by atoms with Gasteiger partial charge in [-0.2, -0.15) is 18.3 Å². The summed E-state index contributed by atoms with van der Waals surface area (Å²) < 4.78 is 41.9. The van der Waals surface area contributed by atoms with Gasteiger partial charge in [0.05, 0.1) is 16.9 Å². The number of amides is 1. The molecule has 1 aromatic carbocycles. The number of benzene rings is 1. The van der Waals surface area contributed by atoms with Crippen LogP contribution in [0.3, 0.4) is 0 Å². The van der Waals surface area contributed by atoms with Crippen molar-refractivity contribution < 1.29 is 18.0 Å². The van der Waals surface area contributed by atoms with Gasteiger partial charge in [-0.05, 0) is 51.6 Å². The van der Waals surface area contributed by atoms with E-state index in [4.69, 9.17) is 0 Å². The summed E-state index contributed by atoms with van der Waals surface area (Å²) in [4.78, 5) is 12.5.